The predicted molar refractivity (Wildman–Crippen MR) is 48.8 cm³/mol. The second kappa shape index (κ2) is 4.41. The standard InChI is InChI=1S/C9H15NO4/c1-6(5-14-2)10-4-7(9(12)13)3-8(10)11/h6-7H,3-5H2,1-2H3,(H,12,13)/t6-,7+/m1/s1. The molecular weight excluding hydrogens is 186 g/mol. The van der Waals surface area contributed by atoms with Crippen molar-refractivity contribution in [2.45, 2.75) is 19.4 Å². The second-order valence-corrected chi connectivity index (χ2v) is 3.59. The van der Waals surface area contributed by atoms with Crippen LogP contribution in [0.25, 0.3) is 0 Å². The minimum atomic E-state index is -0.898. The van der Waals surface area contributed by atoms with Crippen LogP contribution in [0.1, 0.15) is 13.3 Å². The molecule has 1 fully saturated rings. The van der Waals surface area contributed by atoms with Crippen molar-refractivity contribution in [1.82, 2.24) is 4.90 Å². The quantitative estimate of drug-likeness (QED) is 0.692. The SMILES string of the molecule is COC[C@@H](C)N1C[C@@H](C(=O)O)CC1=O. The topological polar surface area (TPSA) is 66.8 Å². The van der Waals surface area contributed by atoms with Gasteiger partial charge in [0, 0.05) is 20.1 Å². The number of ether oxygens (including phenoxy) is 1. The maximum absolute atomic E-state index is 11.4. The van der Waals surface area contributed by atoms with E-state index in [-0.39, 0.29) is 18.4 Å². The summed E-state index contributed by atoms with van der Waals surface area (Å²) < 4.78 is 4.92. The number of amides is 1. The van der Waals surface area contributed by atoms with Crippen molar-refractivity contribution in [3.63, 3.8) is 0 Å². The number of likely N-dealkylation sites (tertiary alicyclic amines) is 1. The van der Waals surface area contributed by atoms with Crippen molar-refractivity contribution >= 4 is 11.9 Å². The van der Waals surface area contributed by atoms with Gasteiger partial charge < -0.3 is 14.7 Å². The summed E-state index contributed by atoms with van der Waals surface area (Å²) in [6.07, 6.45) is 0.114. The Labute approximate surface area is 82.6 Å². The molecule has 1 aliphatic heterocycles. The van der Waals surface area contributed by atoms with Gasteiger partial charge in [0.05, 0.1) is 18.6 Å². The van der Waals surface area contributed by atoms with Crippen molar-refractivity contribution in [3.8, 4) is 0 Å². The van der Waals surface area contributed by atoms with E-state index in [1.54, 1.807) is 12.0 Å². The second-order valence-electron chi connectivity index (χ2n) is 3.59. The van der Waals surface area contributed by atoms with Gasteiger partial charge in [0.15, 0.2) is 0 Å². The summed E-state index contributed by atoms with van der Waals surface area (Å²) in [5.41, 5.74) is 0. The van der Waals surface area contributed by atoms with Crippen molar-refractivity contribution in [2.75, 3.05) is 20.3 Å². The summed E-state index contributed by atoms with van der Waals surface area (Å²) in [6.45, 7) is 2.60. The van der Waals surface area contributed by atoms with Crippen molar-refractivity contribution < 1.29 is 19.4 Å². The van der Waals surface area contributed by atoms with E-state index in [9.17, 15) is 9.59 Å². The van der Waals surface area contributed by atoms with E-state index < -0.39 is 11.9 Å². The number of aliphatic carboxylic acids is 1. The van der Waals surface area contributed by atoms with E-state index in [0.717, 1.165) is 0 Å². The molecule has 0 spiro atoms. The zero-order valence-corrected chi connectivity index (χ0v) is 8.40. The number of carbonyl (C=O) groups excluding carboxylic acids is 1. The molecule has 2 atom stereocenters. The zero-order chi connectivity index (χ0) is 10.7. The molecule has 1 rings (SSSR count). The Morgan fingerprint density at radius 2 is 2.43 bits per heavy atom. The molecule has 1 aliphatic rings. The van der Waals surface area contributed by atoms with E-state index >= 15 is 0 Å². The van der Waals surface area contributed by atoms with Gasteiger partial charge in [-0.15, -0.1) is 0 Å². The minimum Gasteiger partial charge on any atom is -0.481 e. The lowest BCUT2D eigenvalue weighted by Gasteiger charge is -2.23. The first-order valence-corrected chi connectivity index (χ1v) is 4.57. The molecule has 1 saturated heterocycles. The molecule has 0 saturated carbocycles. The normalized spacial score (nSPS) is 24.0. The molecule has 80 valence electrons. The molecule has 1 amide bonds. The lowest BCUT2D eigenvalue weighted by Crippen LogP contribution is -2.37. The van der Waals surface area contributed by atoms with E-state index in [4.69, 9.17) is 9.84 Å². The summed E-state index contributed by atoms with van der Waals surface area (Å²) >= 11 is 0. The molecule has 14 heavy (non-hydrogen) atoms. The third-order valence-electron chi connectivity index (χ3n) is 2.45. The summed E-state index contributed by atoms with van der Waals surface area (Å²) in [4.78, 5) is 23.6. The highest BCUT2D eigenvalue weighted by atomic mass is 16.5. The first-order valence-electron chi connectivity index (χ1n) is 4.57. The fourth-order valence-electron chi connectivity index (χ4n) is 1.65. The van der Waals surface area contributed by atoms with Gasteiger partial charge in [-0.25, -0.2) is 0 Å². The van der Waals surface area contributed by atoms with Crippen LogP contribution in [-0.2, 0) is 14.3 Å². The molecule has 0 unspecified atom stereocenters. The number of carbonyl (C=O) groups is 2. The molecule has 0 bridgehead atoms. The number of hydrogen-bond acceptors (Lipinski definition) is 3. The Balaban J connectivity index is 2.56. The number of nitrogens with zero attached hydrogens (tertiary/aromatic N) is 1. The van der Waals surface area contributed by atoms with Gasteiger partial charge >= 0.3 is 5.97 Å². The zero-order valence-electron chi connectivity index (χ0n) is 8.40. The number of methoxy groups -OCH3 is 1. The molecule has 1 N–H and O–H groups in total. The van der Waals surface area contributed by atoms with Gasteiger partial charge in [0.25, 0.3) is 0 Å². The summed E-state index contributed by atoms with van der Waals surface area (Å²) in [5, 5.41) is 8.75. The van der Waals surface area contributed by atoms with Gasteiger partial charge in [-0.05, 0) is 6.92 Å². The van der Waals surface area contributed by atoms with E-state index in [2.05, 4.69) is 0 Å². The first-order chi connectivity index (χ1) is 6.56. The van der Waals surface area contributed by atoms with Gasteiger partial charge in [-0.1, -0.05) is 0 Å². The molecule has 0 aromatic rings. The predicted octanol–water partition coefficient (Wildman–Crippen LogP) is -0.0456. The molecule has 0 aromatic carbocycles. The Morgan fingerprint density at radius 1 is 1.79 bits per heavy atom. The molecule has 5 heteroatoms. The highest BCUT2D eigenvalue weighted by Crippen LogP contribution is 2.20. The molecular formula is C9H15NO4. The highest BCUT2D eigenvalue weighted by Gasteiger charge is 2.36. The van der Waals surface area contributed by atoms with Crippen LogP contribution >= 0.6 is 0 Å². The molecule has 0 aliphatic carbocycles. The first kappa shape index (κ1) is 11.0. The lowest BCUT2D eigenvalue weighted by molar-refractivity contribution is -0.141. The highest BCUT2D eigenvalue weighted by molar-refractivity contribution is 5.86. The van der Waals surface area contributed by atoms with Crippen LogP contribution in [-0.4, -0.2) is 48.2 Å². The molecule has 5 nitrogen and oxygen atoms in total. The van der Waals surface area contributed by atoms with Gasteiger partial charge in [0.2, 0.25) is 5.91 Å². The van der Waals surface area contributed by atoms with Crippen LogP contribution in [0.15, 0.2) is 0 Å². The summed E-state index contributed by atoms with van der Waals surface area (Å²) in [7, 11) is 1.56. The Morgan fingerprint density at radius 3 is 2.86 bits per heavy atom. The average molecular weight is 201 g/mol. The minimum absolute atomic E-state index is 0.0446. The van der Waals surface area contributed by atoms with Crippen molar-refractivity contribution in [3.05, 3.63) is 0 Å². The molecule has 0 radical (unpaired) electrons. The number of carboxylic acids is 1. The van der Waals surface area contributed by atoms with E-state index in [0.29, 0.717) is 13.2 Å². The largest absolute Gasteiger partial charge is 0.481 e. The van der Waals surface area contributed by atoms with E-state index in [1.165, 1.54) is 0 Å². The molecule has 0 aromatic heterocycles. The van der Waals surface area contributed by atoms with E-state index in [1.807, 2.05) is 6.92 Å². The van der Waals surface area contributed by atoms with Crippen LogP contribution < -0.4 is 0 Å². The maximum Gasteiger partial charge on any atom is 0.308 e. The van der Waals surface area contributed by atoms with Crippen LogP contribution in [0.4, 0.5) is 0 Å². The summed E-state index contributed by atoms with van der Waals surface area (Å²) in [5.74, 6) is -1.55. The number of rotatable bonds is 4. The Bertz CT molecular complexity index is 241. The smallest absolute Gasteiger partial charge is 0.308 e. The number of hydrogen-bond donors (Lipinski definition) is 1. The fraction of sp³-hybridized carbons (Fsp3) is 0.778. The fourth-order valence-corrected chi connectivity index (χ4v) is 1.65. The Kier molecular flexibility index (Phi) is 3.46. The van der Waals surface area contributed by atoms with Crippen LogP contribution in [0, 0.1) is 5.92 Å². The van der Waals surface area contributed by atoms with Crippen molar-refractivity contribution in [2.24, 2.45) is 5.92 Å². The number of carboxylic acid groups (broad SMARTS) is 1. The van der Waals surface area contributed by atoms with Crippen LogP contribution in [0.5, 0.6) is 0 Å². The van der Waals surface area contributed by atoms with Crippen LogP contribution in [0.2, 0.25) is 0 Å². The lowest BCUT2D eigenvalue weighted by atomic mass is 10.1. The van der Waals surface area contributed by atoms with Gasteiger partial charge in [-0.2, -0.15) is 0 Å². The average Bonchev–Trinajstić information content (AvgIpc) is 2.48. The summed E-state index contributed by atoms with van der Waals surface area (Å²) in [6, 6.07) is -0.0446. The Hall–Kier alpha value is -1.10. The van der Waals surface area contributed by atoms with Gasteiger partial charge in [-0.3, -0.25) is 9.59 Å². The van der Waals surface area contributed by atoms with Crippen LogP contribution in [0.3, 0.4) is 0 Å². The maximum atomic E-state index is 11.4. The third-order valence-corrected chi connectivity index (χ3v) is 2.45. The van der Waals surface area contributed by atoms with Gasteiger partial charge in [0.1, 0.15) is 0 Å². The molecule has 1 heterocycles. The third kappa shape index (κ3) is 2.23. The van der Waals surface area contributed by atoms with Crippen molar-refractivity contribution in [1.29, 1.82) is 0 Å². The monoisotopic (exact) mass is 201 g/mol.